The molecule has 1 atom stereocenters. The van der Waals surface area contributed by atoms with Crippen LogP contribution in [0.1, 0.15) is 60.8 Å². The van der Waals surface area contributed by atoms with Gasteiger partial charge >= 0.3 is 0 Å². The molecule has 0 N–H and O–H groups in total. The van der Waals surface area contributed by atoms with E-state index in [0.717, 1.165) is 11.8 Å². The van der Waals surface area contributed by atoms with Crippen molar-refractivity contribution in [2.45, 2.75) is 60.8 Å². The van der Waals surface area contributed by atoms with Crippen LogP contribution in [0.4, 0.5) is 0 Å². The molecule has 0 aliphatic carbocycles. The second-order valence-corrected chi connectivity index (χ2v) is 5.84. The maximum atomic E-state index is 2.38. The monoisotopic (exact) mass is 170 g/mol. The standard InChI is InChI=1S/C12H26/c1-10(2)7-8-11(3)9-12(4,5)6/h10-11H,7-9H2,1-6H3. The number of hydrogen-bond acceptors (Lipinski definition) is 0. The highest BCUT2D eigenvalue weighted by molar-refractivity contribution is 4.66. The van der Waals surface area contributed by atoms with Crippen molar-refractivity contribution in [1.82, 2.24) is 0 Å². The van der Waals surface area contributed by atoms with Gasteiger partial charge in [-0.3, -0.25) is 0 Å². The summed E-state index contributed by atoms with van der Waals surface area (Å²) in [6, 6.07) is 0. The van der Waals surface area contributed by atoms with Gasteiger partial charge in [0.25, 0.3) is 0 Å². The third-order valence-electron chi connectivity index (χ3n) is 2.20. The molecular weight excluding hydrogens is 144 g/mol. The van der Waals surface area contributed by atoms with Gasteiger partial charge in [-0.2, -0.15) is 0 Å². The molecule has 0 aromatic heterocycles. The summed E-state index contributed by atoms with van der Waals surface area (Å²) in [6.07, 6.45) is 4.14. The molecule has 0 fully saturated rings. The van der Waals surface area contributed by atoms with E-state index in [1.54, 1.807) is 0 Å². The Morgan fingerprint density at radius 2 is 1.42 bits per heavy atom. The zero-order chi connectivity index (χ0) is 9.78. The maximum Gasteiger partial charge on any atom is -0.0380 e. The Hall–Kier alpha value is 0. The molecule has 1 unspecified atom stereocenters. The fourth-order valence-corrected chi connectivity index (χ4v) is 1.77. The summed E-state index contributed by atoms with van der Waals surface area (Å²) in [4.78, 5) is 0. The average molecular weight is 170 g/mol. The predicted molar refractivity (Wildman–Crippen MR) is 57.3 cm³/mol. The van der Waals surface area contributed by atoms with Crippen molar-refractivity contribution < 1.29 is 0 Å². The van der Waals surface area contributed by atoms with E-state index >= 15 is 0 Å². The van der Waals surface area contributed by atoms with Crippen molar-refractivity contribution in [3.05, 3.63) is 0 Å². The maximum absolute atomic E-state index is 2.38. The smallest absolute Gasteiger partial charge is 0.0380 e. The summed E-state index contributed by atoms with van der Waals surface area (Å²) >= 11 is 0. The van der Waals surface area contributed by atoms with E-state index in [2.05, 4.69) is 41.5 Å². The zero-order valence-corrected chi connectivity index (χ0v) is 9.78. The fourth-order valence-electron chi connectivity index (χ4n) is 1.77. The van der Waals surface area contributed by atoms with E-state index in [9.17, 15) is 0 Å². The van der Waals surface area contributed by atoms with E-state index < -0.39 is 0 Å². The summed E-state index contributed by atoms with van der Waals surface area (Å²) < 4.78 is 0. The molecule has 0 saturated carbocycles. The quantitative estimate of drug-likeness (QED) is 0.583. The van der Waals surface area contributed by atoms with Crippen LogP contribution in [0, 0.1) is 17.3 Å². The Morgan fingerprint density at radius 3 is 1.75 bits per heavy atom. The van der Waals surface area contributed by atoms with E-state index in [0.29, 0.717) is 5.41 Å². The SMILES string of the molecule is CC(C)CCC(C)CC(C)(C)C. The molecule has 0 heterocycles. The minimum absolute atomic E-state index is 0.510. The Morgan fingerprint density at radius 1 is 0.917 bits per heavy atom. The van der Waals surface area contributed by atoms with Gasteiger partial charge < -0.3 is 0 Å². The van der Waals surface area contributed by atoms with Crippen LogP contribution in [0.5, 0.6) is 0 Å². The lowest BCUT2D eigenvalue weighted by Gasteiger charge is -2.23. The van der Waals surface area contributed by atoms with E-state index in [1.165, 1.54) is 19.3 Å². The molecule has 0 amide bonds. The highest BCUT2D eigenvalue weighted by atomic mass is 14.2. The van der Waals surface area contributed by atoms with Crippen molar-refractivity contribution >= 4 is 0 Å². The van der Waals surface area contributed by atoms with Crippen LogP contribution in [0.2, 0.25) is 0 Å². The minimum Gasteiger partial charge on any atom is -0.0628 e. The van der Waals surface area contributed by atoms with Gasteiger partial charge in [0.15, 0.2) is 0 Å². The van der Waals surface area contributed by atoms with Gasteiger partial charge in [-0.1, -0.05) is 54.4 Å². The Labute approximate surface area is 78.8 Å². The Bertz CT molecular complexity index is 106. The second kappa shape index (κ2) is 4.89. The number of rotatable bonds is 4. The summed E-state index contributed by atoms with van der Waals surface area (Å²) in [7, 11) is 0. The molecule has 74 valence electrons. The highest BCUT2D eigenvalue weighted by Gasteiger charge is 2.14. The Kier molecular flexibility index (Phi) is 4.89. The van der Waals surface area contributed by atoms with Crippen LogP contribution in [0.3, 0.4) is 0 Å². The van der Waals surface area contributed by atoms with E-state index in [1.807, 2.05) is 0 Å². The molecule has 0 nitrogen and oxygen atoms in total. The predicted octanol–water partition coefficient (Wildman–Crippen LogP) is 4.49. The molecule has 0 spiro atoms. The molecule has 0 radical (unpaired) electrons. The molecule has 0 bridgehead atoms. The van der Waals surface area contributed by atoms with Crippen molar-refractivity contribution in [2.75, 3.05) is 0 Å². The van der Waals surface area contributed by atoms with Crippen LogP contribution in [0.15, 0.2) is 0 Å². The van der Waals surface area contributed by atoms with Gasteiger partial charge in [0, 0.05) is 0 Å². The molecule has 0 aliphatic rings. The van der Waals surface area contributed by atoms with Gasteiger partial charge in [-0.15, -0.1) is 0 Å². The minimum atomic E-state index is 0.510. The van der Waals surface area contributed by atoms with Gasteiger partial charge in [0.2, 0.25) is 0 Å². The fraction of sp³-hybridized carbons (Fsp3) is 1.00. The Balaban J connectivity index is 3.53. The van der Waals surface area contributed by atoms with Crippen molar-refractivity contribution in [1.29, 1.82) is 0 Å². The molecule has 0 heteroatoms. The van der Waals surface area contributed by atoms with Crippen molar-refractivity contribution in [3.8, 4) is 0 Å². The average Bonchev–Trinajstić information content (AvgIpc) is 1.79. The van der Waals surface area contributed by atoms with E-state index in [4.69, 9.17) is 0 Å². The first kappa shape index (κ1) is 12.0. The molecule has 0 aromatic rings. The molecule has 0 aliphatic heterocycles. The van der Waals surface area contributed by atoms with Gasteiger partial charge in [-0.05, 0) is 23.7 Å². The summed E-state index contributed by atoms with van der Waals surface area (Å²) in [6.45, 7) is 14.0. The molecular formula is C12H26. The topological polar surface area (TPSA) is 0 Å². The van der Waals surface area contributed by atoms with Crippen LogP contribution < -0.4 is 0 Å². The first-order valence-corrected chi connectivity index (χ1v) is 5.31. The third kappa shape index (κ3) is 8.10. The lowest BCUT2D eigenvalue weighted by Crippen LogP contribution is -2.11. The van der Waals surface area contributed by atoms with Gasteiger partial charge in [0.1, 0.15) is 0 Å². The summed E-state index contributed by atoms with van der Waals surface area (Å²) in [5, 5.41) is 0. The summed E-state index contributed by atoms with van der Waals surface area (Å²) in [5.74, 6) is 1.76. The van der Waals surface area contributed by atoms with Crippen molar-refractivity contribution in [3.63, 3.8) is 0 Å². The van der Waals surface area contributed by atoms with Crippen molar-refractivity contribution in [2.24, 2.45) is 17.3 Å². The van der Waals surface area contributed by atoms with E-state index in [-0.39, 0.29) is 0 Å². The van der Waals surface area contributed by atoms with Gasteiger partial charge in [-0.25, -0.2) is 0 Å². The largest absolute Gasteiger partial charge is 0.0628 e. The lowest BCUT2D eigenvalue weighted by atomic mass is 9.83. The highest BCUT2D eigenvalue weighted by Crippen LogP contribution is 2.27. The zero-order valence-electron chi connectivity index (χ0n) is 9.78. The van der Waals surface area contributed by atoms with Crippen LogP contribution >= 0.6 is 0 Å². The molecule has 0 saturated heterocycles. The van der Waals surface area contributed by atoms with Crippen LogP contribution in [-0.2, 0) is 0 Å². The molecule has 0 aromatic carbocycles. The molecule has 0 rings (SSSR count). The normalized spacial score (nSPS) is 15.2. The lowest BCUT2D eigenvalue weighted by molar-refractivity contribution is 0.286. The molecule has 12 heavy (non-hydrogen) atoms. The number of hydrogen-bond donors (Lipinski definition) is 0. The van der Waals surface area contributed by atoms with Gasteiger partial charge in [0.05, 0.1) is 0 Å². The summed E-state index contributed by atoms with van der Waals surface area (Å²) in [5.41, 5.74) is 0.510. The van der Waals surface area contributed by atoms with Crippen LogP contribution in [0.25, 0.3) is 0 Å². The first-order valence-electron chi connectivity index (χ1n) is 5.31. The third-order valence-corrected chi connectivity index (χ3v) is 2.20. The van der Waals surface area contributed by atoms with Crippen LogP contribution in [-0.4, -0.2) is 0 Å². The first-order chi connectivity index (χ1) is 5.31. The second-order valence-electron chi connectivity index (χ2n) is 5.84.